The quantitative estimate of drug-likeness (QED) is 0.810. The molecule has 5 heteroatoms. The van der Waals surface area contributed by atoms with Gasteiger partial charge in [0.2, 0.25) is 5.91 Å². The number of aliphatic carboxylic acids is 1. The van der Waals surface area contributed by atoms with E-state index in [2.05, 4.69) is 5.32 Å². The van der Waals surface area contributed by atoms with Gasteiger partial charge in [0.1, 0.15) is 5.75 Å². The van der Waals surface area contributed by atoms with Gasteiger partial charge in [-0.3, -0.25) is 4.79 Å². The highest BCUT2D eigenvalue weighted by atomic mass is 16.5. The summed E-state index contributed by atoms with van der Waals surface area (Å²) >= 11 is 0. The van der Waals surface area contributed by atoms with Crippen molar-refractivity contribution in [2.75, 3.05) is 7.11 Å². The smallest absolute Gasteiger partial charge is 0.331 e. The van der Waals surface area contributed by atoms with Crippen molar-refractivity contribution in [3.63, 3.8) is 0 Å². The number of rotatable bonds is 5. The topological polar surface area (TPSA) is 75.6 Å². The van der Waals surface area contributed by atoms with E-state index in [1.807, 2.05) is 31.2 Å². The molecule has 1 amide bonds. The minimum Gasteiger partial charge on any atom is -0.497 e. The number of benzene rings is 1. The van der Waals surface area contributed by atoms with Gasteiger partial charge < -0.3 is 15.2 Å². The van der Waals surface area contributed by atoms with Gasteiger partial charge in [0, 0.05) is 11.1 Å². The number of carboxylic acid groups (broad SMARTS) is 1. The maximum atomic E-state index is 11.9. The maximum Gasteiger partial charge on any atom is 0.331 e. The van der Waals surface area contributed by atoms with Crippen molar-refractivity contribution in [2.24, 2.45) is 0 Å². The van der Waals surface area contributed by atoms with Crippen LogP contribution in [0.25, 0.3) is 0 Å². The average Bonchev–Trinajstić information content (AvgIpc) is 2.45. The highest BCUT2D eigenvalue weighted by molar-refractivity contribution is 6.01. The van der Waals surface area contributed by atoms with Crippen LogP contribution in [0.5, 0.6) is 5.75 Å². The molecule has 0 saturated heterocycles. The lowest BCUT2D eigenvalue weighted by molar-refractivity contribution is -0.133. The van der Waals surface area contributed by atoms with E-state index in [1.54, 1.807) is 7.11 Å². The highest BCUT2D eigenvalue weighted by Crippen LogP contribution is 2.17. The Balaban J connectivity index is 2.79. The zero-order valence-electron chi connectivity index (χ0n) is 12.1. The first-order valence-corrected chi connectivity index (χ1v) is 6.22. The van der Waals surface area contributed by atoms with Crippen LogP contribution in [0.1, 0.15) is 32.4 Å². The molecule has 1 aromatic rings. The standard InChI is InChI=1S/C15H19NO4/c1-9(10(2)15(18)19)14(17)16-11(3)12-5-7-13(20-4)8-6-12/h5-8,11H,1-4H3,(H,16,17)(H,18,19)/b10-9-/t11-/m1/s1. The van der Waals surface area contributed by atoms with Crippen LogP contribution in [0.2, 0.25) is 0 Å². The number of nitrogens with one attached hydrogen (secondary N) is 1. The van der Waals surface area contributed by atoms with Crippen LogP contribution < -0.4 is 10.1 Å². The first kappa shape index (κ1) is 15.8. The molecule has 0 radical (unpaired) electrons. The lowest BCUT2D eigenvalue weighted by atomic mass is 10.1. The number of carbonyl (C=O) groups excluding carboxylic acids is 1. The minimum absolute atomic E-state index is 0.0458. The molecule has 0 saturated carbocycles. The summed E-state index contributed by atoms with van der Waals surface area (Å²) in [6.45, 7) is 4.75. The van der Waals surface area contributed by atoms with Gasteiger partial charge in [0.25, 0.3) is 0 Å². The monoisotopic (exact) mass is 277 g/mol. The van der Waals surface area contributed by atoms with Gasteiger partial charge in [0.05, 0.1) is 13.2 Å². The SMILES string of the molecule is COc1ccc([C@@H](C)NC(=O)/C(C)=C(/C)C(=O)O)cc1. The molecule has 0 aromatic heterocycles. The molecule has 0 heterocycles. The third kappa shape index (κ3) is 3.85. The number of carboxylic acids is 1. The number of carbonyl (C=O) groups is 2. The molecule has 0 bridgehead atoms. The predicted molar refractivity (Wildman–Crippen MR) is 75.6 cm³/mol. The van der Waals surface area contributed by atoms with Crippen LogP contribution in [0.4, 0.5) is 0 Å². The van der Waals surface area contributed by atoms with E-state index in [4.69, 9.17) is 9.84 Å². The van der Waals surface area contributed by atoms with Crippen LogP contribution in [0, 0.1) is 0 Å². The van der Waals surface area contributed by atoms with E-state index < -0.39 is 5.97 Å². The molecule has 0 aliphatic heterocycles. The summed E-state index contributed by atoms with van der Waals surface area (Å²) in [5.74, 6) is -0.729. The van der Waals surface area contributed by atoms with Crippen molar-refractivity contribution in [3.8, 4) is 5.75 Å². The fourth-order valence-electron chi connectivity index (χ4n) is 1.61. The Kier molecular flexibility index (Phi) is 5.32. The van der Waals surface area contributed by atoms with Gasteiger partial charge in [-0.1, -0.05) is 12.1 Å². The molecular weight excluding hydrogens is 258 g/mol. The molecule has 2 N–H and O–H groups in total. The number of methoxy groups -OCH3 is 1. The Morgan fingerprint density at radius 3 is 2.15 bits per heavy atom. The second-order valence-corrected chi connectivity index (χ2v) is 4.52. The van der Waals surface area contributed by atoms with Crippen molar-refractivity contribution in [3.05, 3.63) is 41.0 Å². The minimum atomic E-state index is -1.09. The van der Waals surface area contributed by atoms with E-state index in [0.717, 1.165) is 11.3 Å². The van der Waals surface area contributed by atoms with Crippen molar-refractivity contribution in [2.45, 2.75) is 26.8 Å². The second-order valence-electron chi connectivity index (χ2n) is 4.52. The van der Waals surface area contributed by atoms with Gasteiger partial charge in [-0.25, -0.2) is 4.79 Å². The highest BCUT2D eigenvalue weighted by Gasteiger charge is 2.15. The molecule has 1 aromatic carbocycles. The summed E-state index contributed by atoms with van der Waals surface area (Å²) in [5.41, 5.74) is 1.17. The summed E-state index contributed by atoms with van der Waals surface area (Å²) in [7, 11) is 1.59. The molecule has 0 fully saturated rings. The molecule has 20 heavy (non-hydrogen) atoms. The Morgan fingerprint density at radius 2 is 1.70 bits per heavy atom. The molecule has 1 rings (SSSR count). The molecule has 108 valence electrons. The molecule has 5 nitrogen and oxygen atoms in total. The Labute approximate surface area is 118 Å². The molecule has 1 atom stereocenters. The zero-order chi connectivity index (χ0) is 15.3. The maximum absolute atomic E-state index is 11.9. The van der Waals surface area contributed by atoms with Crippen molar-refractivity contribution in [1.29, 1.82) is 0 Å². The normalized spacial score (nSPS) is 13.2. The predicted octanol–water partition coefficient (Wildman–Crippen LogP) is 2.29. The lowest BCUT2D eigenvalue weighted by Gasteiger charge is -2.15. The third-order valence-electron chi connectivity index (χ3n) is 3.19. The van der Waals surface area contributed by atoms with Crippen LogP contribution in [0.15, 0.2) is 35.4 Å². The van der Waals surface area contributed by atoms with Crippen molar-refractivity contribution in [1.82, 2.24) is 5.32 Å². The summed E-state index contributed by atoms with van der Waals surface area (Å²) in [6, 6.07) is 7.11. The average molecular weight is 277 g/mol. The van der Waals surface area contributed by atoms with Gasteiger partial charge in [-0.15, -0.1) is 0 Å². The van der Waals surface area contributed by atoms with Crippen LogP contribution in [-0.2, 0) is 9.59 Å². The van der Waals surface area contributed by atoms with Gasteiger partial charge in [-0.2, -0.15) is 0 Å². The van der Waals surface area contributed by atoms with E-state index >= 15 is 0 Å². The van der Waals surface area contributed by atoms with Gasteiger partial charge >= 0.3 is 5.97 Å². The second kappa shape index (κ2) is 6.75. The molecule has 0 aliphatic carbocycles. The Bertz CT molecular complexity index is 531. The summed E-state index contributed by atoms with van der Waals surface area (Å²) < 4.78 is 5.07. The molecular formula is C15H19NO4. The van der Waals surface area contributed by atoms with Crippen LogP contribution in [-0.4, -0.2) is 24.1 Å². The van der Waals surface area contributed by atoms with Crippen LogP contribution in [0.3, 0.4) is 0 Å². The Morgan fingerprint density at radius 1 is 1.15 bits per heavy atom. The largest absolute Gasteiger partial charge is 0.497 e. The molecule has 0 spiro atoms. The van der Waals surface area contributed by atoms with Crippen molar-refractivity contribution >= 4 is 11.9 Å². The molecule has 0 aliphatic rings. The Hall–Kier alpha value is -2.30. The van der Waals surface area contributed by atoms with Gasteiger partial charge in [-0.05, 0) is 38.5 Å². The zero-order valence-corrected chi connectivity index (χ0v) is 12.1. The number of hydrogen-bond acceptors (Lipinski definition) is 3. The van der Waals surface area contributed by atoms with E-state index in [0.29, 0.717) is 0 Å². The lowest BCUT2D eigenvalue weighted by Crippen LogP contribution is -2.28. The van der Waals surface area contributed by atoms with E-state index in [9.17, 15) is 9.59 Å². The van der Waals surface area contributed by atoms with Crippen molar-refractivity contribution < 1.29 is 19.4 Å². The van der Waals surface area contributed by atoms with Gasteiger partial charge in [0.15, 0.2) is 0 Å². The van der Waals surface area contributed by atoms with E-state index in [-0.39, 0.29) is 23.1 Å². The van der Waals surface area contributed by atoms with Crippen LogP contribution >= 0.6 is 0 Å². The first-order chi connectivity index (χ1) is 9.36. The summed E-state index contributed by atoms with van der Waals surface area (Å²) in [6.07, 6.45) is 0. The fourth-order valence-corrected chi connectivity index (χ4v) is 1.61. The third-order valence-corrected chi connectivity index (χ3v) is 3.19. The summed E-state index contributed by atoms with van der Waals surface area (Å²) in [4.78, 5) is 22.8. The van der Waals surface area contributed by atoms with E-state index in [1.165, 1.54) is 13.8 Å². The number of amides is 1. The number of ether oxygens (including phenoxy) is 1. The summed E-state index contributed by atoms with van der Waals surface area (Å²) in [5, 5.41) is 11.6. The first-order valence-electron chi connectivity index (χ1n) is 6.22. The fraction of sp³-hybridized carbons (Fsp3) is 0.333. The molecule has 0 unspecified atom stereocenters. The number of hydrogen-bond donors (Lipinski definition) is 2.